The second kappa shape index (κ2) is 8.74. The van der Waals surface area contributed by atoms with Crippen molar-refractivity contribution in [1.82, 2.24) is 9.80 Å². The van der Waals surface area contributed by atoms with Crippen molar-refractivity contribution in [3.05, 3.63) is 52.7 Å². The molecule has 0 saturated carbocycles. The molecule has 29 heavy (non-hydrogen) atoms. The first-order valence-corrected chi connectivity index (χ1v) is 9.64. The first-order valence-electron chi connectivity index (χ1n) is 8.76. The van der Waals surface area contributed by atoms with E-state index in [1.807, 2.05) is 5.38 Å². The first-order chi connectivity index (χ1) is 13.9. The van der Waals surface area contributed by atoms with Gasteiger partial charge in [0.2, 0.25) is 0 Å². The van der Waals surface area contributed by atoms with E-state index in [9.17, 15) is 29.4 Å². The predicted molar refractivity (Wildman–Crippen MR) is 99.2 cm³/mol. The summed E-state index contributed by atoms with van der Waals surface area (Å²) < 4.78 is 0. The lowest BCUT2D eigenvalue weighted by atomic mass is 10.1. The number of thiophene rings is 1. The molecule has 2 aromatic rings. The van der Waals surface area contributed by atoms with Gasteiger partial charge in [-0.2, -0.15) is 0 Å². The van der Waals surface area contributed by atoms with Crippen molar-refractivity contribution < 1.29 is 29.4 Å². The summed E-state index contributed by atoms with van der Waals surface area (Å²) in [5.41, 5.74) is 0.513. The zero-order valence-electron chi connectivity index (χ0n) is 15.1. The maximum absolute atomic E-state index is 13.0. The molecule has 152 valence electrons. The van der Waals surface area contributed by atoms with Crippen molar-refractivity contribution in [2.75, 3.05) is 11.9 Å². The molecular weight excluding hydrogens is 398 g/mol. The molecule has 1 saturated heterocycles. The quantitative estimate of drug-likeness (QED) is 0.639. The standard InChI is InChI=1S/C19H19N3O6S/c23-16(18(26)27)21-9-8-14(15(21)17(24)25)22(11-13-7-4-10-29-13)19(28)20-12-5-2-1-3-6-12/h1-7,10,14-15H,8-9,11H2,(H,20,28)(H,24,25)(H,26,27)/p-2/t14-,15+/m1/s1. The van der Waals surface area contributed by atoms with Crippen LogP contribution in [-0.4, -0.2) is 52.3 Å². The number of nitrogens with zero attached hydrogens (tertiary/aromatic N) is 2. The molecule has 2 atom stereocenters. The number of likely N-dealkylation sites (tertiary alicyclic amines) is 1. The average Bonchev–Trinajstić information content (AvgIpc) is 3.35. The van der Waals surface area contributed by atoms with E-state index >= 15 is 0 Å². The Morgan fingerprint density at radius 2 is 1.83 bits per heavy atom. The Kier molecular flexibility index (Phi) is 6.13. The second-order valence-corrected chi connectivity index (χ2v) is 7.44. The number of aliphatic carboxylic acids is 2. The van der Waals surface area contributed by atoms with Crippen LogP contribution >= 0.6 is 11.3 Å². The molecule has 2 heterocycles. The number of carbonyl (C=O) groups excluding carboxylic acids is 4. The fraction of sp³-hybridized carbons (Fsp3) is 0.263. The van der Waals surface area contributed by atoms with Crippen LogP contribution in [0.3, 0.4) is 0 Å². The minimum absolute atomic E-state index is 0.0885. The number of hydrogen-bond donors (Lipinski definition) is 1. The van der Waals surface area contributed by atoms with E-state index in [1.165, 1.54) is 16.2 Å². The van der Waals surface area contributed by atoms with Gasteiger partial charge < -0.3 is 34.9 Å². The van der Waals surface area contributed by atoms with Gasteiger partial charge in [-0.15, -0.1) is 11.3 Å². The maximum atomic E-state index is 13.0. The fourth-order valence-corrected chi connectivity index (χ4v) is 4.06. The third kappa shape index (κ3) is 4.54. The number of amides is 3. The smallest absolute Gasteiger partial charge is 0.322 e. The van der Waals surface area contributed by atoms with Crippen molar-refractivity contribution >= 4 is 40.9 Å². The Bertz CT molecular complexity index is 902. The van der Waals surface area contributed by atoms with Crippen molar-refractivity contribution in [1.29, 1.82) is 0 Å². The van der Waals surface area contributed by atoms with Crippen molar-refractivity contribution in [2.24, 2.45) is 0 Å². The summed E-state index contributed by atoms with van der Waals surface area (Å²) in [6, 6.07) is 9.07. The van der Waals surface area contributed by atoms with Gasteiger partial charge in [0.15, 0.2) is 0 Å². The Morgan fingerprint density at radius 3 is 2.41 bits per heavy atom. The first kappa shape index (κ1) is 20.3. The number of anilines is 1. The SMILES string of the molecule is O=C([O-])C(=O)N1CC[C@@H](N(Cc2cccs2)C(=O)Nc2ccccc2)[C@H]1C(=O)[O-]. The van der Waals surface area contributed by atoms with Crippen LogP contribution in [-0.2, 0) is 20.9 Å². The highest BCUT2D eigenvalue weighted by molar-refractivity contribution is 7.09. The molecule has 3 amide bonds. The van der Waals surface area contributed by atoms with Gasteiger partial charge in [-0.3, -0.25) is 4.79 Å². The topological polar surface area (TPSA) is 133 Å². The van der Waals surface area contributed by atoms with Crippen LogP contribution < -0.4 is 15.5 Å². The molecule has 0 aliphatic carbocycles. The van der Waals surface area contributed by atoms with Gasteiger partial charge >= 0.3 is 6.03 Å². The molecule has 0 bridgehead atoms. The van der Waals surface area contributed by atoms with Crippen LogP contribution in [0.2, 0.25) is 0 Å². The fourth-order valence-electron chi connectivity index (χ4n) is 3.36. The molecule has 1 aliphatic rings. The number of carboxylic acid groups (broad SMARTS) is 2. The second-order valence-electron chi connectivity index (χ2n) is 6.41. The highest BCUT2D eigenvalue weighted by atomic mass is 32.1. The maximum Gasteiger partial charge on any atom is 0.322 e. The summed E-state index contributed by atoms with van der Waals surface area (Å²) in [6.45, 7) is -0.0478. The minimum Gasteiger partial charge on any atom is -0.548 e. The van der Waals surface area contributed by atoms with E-state index < -0.39 is 36.0 Å². The average molecular weight is 415 g/mol. The number of benzene rings is 1. The lowest BCUT2D eigenvalue weighted by molar-refractivity contribution is -0.312. The molecule has 1 aromatic heterocycles. The number of urea groups is 1. The summed E-state index contributed by atoms with van der Waals surface area (Å²) in [6.07, 6.45) is 0.0885. The molecular formula is C19H17N3O6S-2. The van der Waals surface area contributed by atoms with Crippen molar-refractivity contribution in [2.45, 2.75) is 25.0 Å². The van der Waals surface area contributed by atoms with Crippen LogP contribution in [0.15, 0.2) is 47.8 Å². The summed E-state index contributed by atoms with van der Waals surface area (Å²) in [4.78, 5) is 50.3. The van der Waals surface area contributed by atoms with E-state index in [0.717, 1.165) is 4.88 Å². The molecule has 0 spiro atoms. The zero-order chi connectivity index (χ0) is 21.0. The van der Waals surface area contributed by atoms with Gasteiger partial charge in [0.1, 0.15) is 5.97 Å². The van der Waals surface area contributed by atoms with Gasteiger partial charge in [-0.25, -0.2) is 4.79 Å². The molecule has 0 unspecified atom stereocenters. The lowest BCUT2D eigenvalue weighted by Gasteiger charge is -2.35. The number of carbonyl (C=O) groups is 4. The monoisotopic (exact) mass is 415 g/mol. The van der Waals surface area contributed by atoms with Crippen LogP contribution in [0.5, 0.6) is 0 Å². The Hall–Kier alpha value is -3.40. The van der Waals surface area contributed by atoms with E-state index in [0.29, 0.717) is 10.6 Å². The van der Waals surface area contributed by atoms with Gasteiger partial charge in [-0.1, -0.05) is 24.3 Å². The van der Waals surface area contributed by atoms with Gasteiger partial charge in [0, 0.05) is 17.1 Å². The van der Waals surface area contributed by atoms with E-state index in [-0.39, 0.29) is 19.5 Å². The van der Waals surface area contributed by atoms with Crippen LogP contribution in [0.4, 0.5) is 10.5 Å². The van der Waals surface area contributed by atoms with Crippen LogP contribution in [0.1, 0.15) is 11.3 Å². The molecule has 1 N–H and O–H groups in total. The van der Waals surface area contributed by atoms with Gasteiger partial charge in [0.05, 0.1) is 24.6 Å². The van der Waals surface area contributed by atoms with E-state index in [4.69, 9.17) is 0 Å². The normalized spacial score (nSPS) is 18.3. The number of nitrogens with one attached hydrogen (secondary N) is 1. The highest BCUT2D eigenvalue weighted by Crippen LogP contribution is 2.27. The Labute approximate surface area is 170 Å². The summed E-state index contributed by atoms with van der Waals surface area (Å²) >= 11 is 1.39. The highest BCUT2D eigenvalue weighted by Gasteiger charge is 2.43. The minimum atomic E-state index is -2.00. The van der Waals surface area contributed by atoms with Gasteiger partial charge in [0.25, 0.3) is 5.91 Å². The summed E-state index contributed by atoms with van der Waals surface area (Å²) in [5.74, 6) is -5.08. The number of hydrogen-bond acceptors (Lipinski definition) is 7. The zero-order valence-corrected chi connectivity index (χ0v) is 16.0. The third-order valence-corrected chi connectivity index (χ3v) is 5.50. The van der Waals surface area contributed by atoms with Crippen molar-refractivity contribution in [3.63, 3.8) is 0 Å². The molecule has 10 heteroatoms. The molecule has 0 radical (unpaired) electrons. The molecule has 1 fully saturated rings. The lowest BCUT2D eigenvalue weighted by Crippen LogP contribution is -2.59. The van der Waals surface area contributed by atoms with E-state index in [2.05, 4.69) is 5.32 Å². The predicted octanol–water partition coefficient (Wildman–Crippen LogP) is -0.748. The third-order valence-electron chi connectivity index (χ3n) is 4.64. The van der Waals surface area contributed by atoms with Gasteiger partial charge in [-0.05, 0) is 30.0 Å². The van der Waals surface area contributed by atoms with Crippen LogP contribution in [0.25, 0.3) is 0 Å². The number of carboxylic acids is 2. The van der Waals surface area contributed by atoms with Crippen molar-refractivity contribution in [3.8, 4) is 0 Å². The van der Waals surface area contributed by atoms with Crippen LogP contribution in [0, 0.1) is 0 Å². The summed E-state index contributed by atoms with van der Waals surface area (Å²) in [5, 5.41) is 27.2. The summed E-state index contributed by atoms with van der Waals surface area (Å²) in [7, 11) is 0. The Balaban J connectivity index is 1.89. The molecule has 1 aromatic carbocycles. The van der Waals surface area contributed by atoms with E-state index in [1.54, 1.807) is 42.5 Å². The number of para-hydroxylation sites is 1. The molecule has 9 nitrogen and oxygen atoms in total. The largest absolute Gasteiger partial charge is 0.548 e. The Morgan fingerprint density at radius 1 is 1.10 bits per heavy atom. The molecule has 3 rings (SSSR count). The number of rotatable bonds is 5. The molecule has 1 aliphatic heterocycles.